The summed E-state index contributed by atoms with van der Waals surface area (Å²) in [6, 6.07) is 9.60. The number of allylic oxidation sites excluding steroid dienone is 1. The molecular formula is C16H21NO2S. The number of aliphatic imine (C=N–C) groups is 1. The molecule has 20 heavy (non-hydrogen) atoms. The van der Waals surface area contributed by atoms with Crippen LogP contribution in [0.4, 0.5) is 4.79 Å². The lowest BCUT2D eigenvalue weighted by Crippen LogP contribution is -2.17. The summed E-state index contributed by atoms with van der Waals surface area (Å²) in [7, 11) is 0. The summed E-state index contributed by atoms with van der Waals surface area (Å²) in [5, 5.41) is 0.118. The Morgan fingerprint density at radius 2 is 1.90 bits per heavy atom. The highest BCUT2D eigenvalue weighted by Crippen LogP contribution is 2.18. The summed E-state index contributed by atoms with van der Waals surface area (Å²) in [6.45, 7) is 9.54. The first-order chi connectivity index (χ1) is 9.45. The molecule has 0 aliphatic rings. The molecule has 2 atom stereocenters. The molecular weight excluding hydrogens is 270 g/mol. The molecule has 0 aliphatic heterocycles. The van der Waals surface area contributed by atoms with Crippen molar-refractivity contribution in [2.45, 2.75) is 32.1 Å². The highest BCUT2D eigenvalue weighted by molar-refractivity contribution is 7.99. The van der Waals surface area contributed by atoms with Gasteiger partial charge in [0.2, 0.25) is 0 Å². The molecule has 1 aromatic rings. The van der Waals surface area contributed by atoms with Gasteiger partial charge in [-0.15, -0.1) is 0 Å². The number of carbonyl (C=O) groups is 1. The van der Waals surface area contributed by atoms with E-state index < -0.39 is 6.09 Å². The normalized spacial score (nSPS) is 14.5. The molecule has 0 saturated heterocycles. The molecule has 0 radical (unpaired) electrons. The number of carbonyl (C=O) groups excluding carboxylic acids is 1. The van der Waals surface area contributed by atoms with E-state index in [1.165, 1.54) is 0 Å². The molecule has 1 rings (SSSR count). The number of rotatable bonds is 5. The molecule has 1 amide bonds. The fourth-order valence-electron chi connectivity index (χ4n) is 1.71. The van der Waals surface area contributed by atoms with Crippen molar-refractivity contribution in [3.05, 3.63) is 48.0 Å². The molecule has 3 nitrogen and oxygen atoms in total. The predicted molar refractivity (Wildman–Crippen MR) is 86.6 cm³/mol. The van der Waals surface area contributed by atoms with Crippen LogP contribution in [0.25, 0.3) is 0 Å². The van der Waals surface area contributed by atoms with E-state index in [0.717, 1.165) is 11.1 Å². The summed E-state index contributed by atoms with van der Waals surface area (Å²) in [5.74, 6) is 0. The van der Waals surface area contributed by atoms with Gasteiger partial charge in [0, 0.05) is 5.25 Å². The summed E-state index contributed by atoms with van der Waals surface area (Å²) in [5.41, 5.74) is 2.42. The predicted octanol–water partition coefficient (Wildman–Crippen LogP) is 4.65. The summed E-state index contributed by atoms with van der Waals surface area (Å²) in [4.78, 5) is 15.9. The van der Waals surface area contributed by atoms with Crippen molar-refractivity contribution < 1.29 is 9.53 Å². The van der Waals surface area contributed by atoms with Gasteiger partial charge in [-0.1, -0.05) is 36.9 Å². The molecule has 108 valence electrons. The third-order valence-electron chi connectivity index (χ3n) is 2.93. The van der Waals surface area contributed by atoms with Gasteiger partial charge in [0.25, 0.3) is 0 Å². The van der Waals surface area contributed by atoms with Crippen molar-refractivity contribution in [3.63, 3.8) is 0 Å². The lowest BCUT2D eigenvalue weighted by molar-refractivity contribution is 0.117. The van der Waals surface area contributed by atoms with Gasteiger partial charge < -0.3 is 4.74 Å². The van der Waals surface area contributed by atoms with Crippen molar-refractivity contribution in [3.8, 4) is 0 Å². The van der Waals surface area contributed by atoms with Gasteiger partial charge in [-0.2, -0.15) is 16.8 Å². The molecule has 0 spiro atoms. The zero-order valence-corrected chi connectivity index (χ0v) is 13.2. The van der Waals surface area contributed by atoms with E-state index in [1.54, 1.807) is 11.8 Å². The van der Waals surface area contributed by atoms with Gasteiger partial charge in [0.1, 0.15) is 6.10 Å². The Morgan fingerprint density at radius 3 is 2.40 bits per heavy atom. The highest BCUT2D eigenvalue weighted by atomic mass is 32.2. The highest BCUT2D eigenvalue weighted by Gasteiger charge is 2.15. The second-order valence-electron chi connectivity index (χ2n) is 4.59. The van der Waals surface area contributed by atoms with E-state index in [-0.39, 0.29) is 11.4 Å². The first-order valence-electron chi connectivity index (χ1n) is 6.48. The Morgan fingerprint density at radius 1 is 1.30 bits per heavy atom. The van der Waals surface area contributed by atoms with E-state index in [9.17, 15) is 4.79 Å². The van der Waals surface area contributed by atoms with Crippen molar-refractivity contribution >= 4 is 23.6 Å². The van der Waals surface area contributed by atoms with E-state index in [2.05, 4.69) is 11.6 Å². The van der Waals surface area contributed by atoms with Crippen molar-refractivity contribution in [1.29, 1.82) is 0 Å². The fourth-order valence-corrected chi connectivity index (χ4v) is 2.19. The van der Waals surface area contributed by atoms with E-state index >= 15 is 0 Å². The van der Waals surface area contributed by atoms with Gasteiger partial charge in [-0.3, -0.25) is 0 Å². The minimum absolute atomic E-state index is 0.118. The van der Waals surface area contributed by atoms with Crippen LogP contribution in [0.1, 0.15) is 32.4 Å². The Hall–Kier alpha value is -1.55. The zero-order valence-electron chi connectivity index (χ0n) is 12.4. The maximum Gasteiger partial charge on any atom is 0.434 e. The lowest BCUT2D eigenvalue weighted by atomic mass is 10.1. The van der Waals surface area contributed by atoms with Crippen LogP contribution in [-0.2, 0) is 4.74 Å². The number of benzene rings is 1. The molecule has 0 fully saturated rings. The second-order valence-corrected chi connectivity index (χ2v) is 5.77. The van der Waals surface area contributed by atoms with Gasteiger partial charge >= 0.3 is 6.09 Å². The number of thioether (sulfide) groups is 1. The third kappa shape index (κ3) is 4.85. The number of ether oxygens (including phenoxy) is 1. The molecule has 0 bridgehead atoms. The lowest BCUT2D eigenvalue weighted by Gasteiger charge is -2.14. The molecule has 4 heteroatoms. The topological polar surface area (TPSA) is 38.7 Å². The van der Waals surface area contributed by atoms with E-state index in [4.69, 9.17) is 4.74 Å². The monoisotopic (exact) mass is 291 g/mol. The average Bonchev–Trinajstić information content (AvgIpc) is 2.44. The van der Waals surface area contributed by atoms with Crippen LogP contribution in [0.2, 0.25) is 0 Å². The Kier molecular flexibility index (Phi) is 6.52. The quantitative estimate of drug-likeness (QED) is 0.741. The van der Waals surface area contributed by atoms with Crippen LogP contribution in [0.3, 0.4) is 0 Å². The molecule has 0 heterocycles. The maximum atomic E-state index is 11.9. The zero-order chi connectivity index (χ0) is 15.1. The van der Waals surface area contributed by atoms with Crippen molar-refractivity contribution in [1.82, 2.24) is 0 Å². The summed E-state index contributed by atoms with van der Waals surface area (Å²) >= 11 is 1.62. The molecule has 0 saturated carbocycles. The van der Waals surface area contributed by atoms with E-state index in [1.807, 2.05) is 57.4 Å². The molecule has 2 unspecified atom stereocenters. The van der Waals surface area contributed by atoms with Crippen molar-refractivity contribution in [2.24, 2.45) is 4.99 Å². The largest absolute Gasteiger partial charge is 0.440 e. The van der Waals surface area contributed by atoms with Gasteiger partial charge in [0.15, 0.2) is 0 Å². The smallest absolute Gasteiger partial charge is 0.434 e. The fraction of sp³-hybridized carbons (Fsp3) is 0.375. The number of amides is 1. The van der Waals surface area contributed by atoms with Crippen LogP contribution in [0.15, 0.2) is 47.5 Å². The number of hydrogen-bond donors (Lipinski definition) is 0. The maximum absolute atomic E-state index is 11.9. The number of hydrogen-bond acceptors (Lipinski definition) is 3. The van der Waals surface area contributed by atoms with Crippen LogP contribution in [0.5, 0.6) is 0 Å². The standard InChI is InChI=1S/C16H21NO2S/c1-11(2)15(13(4)20-5)17-16(18)19-12(3)14-9-7-6-8-10-14/h6-10,12-13H,1H2,2-5H3. The second kappa shape index (κ2) is 7.90. The summed E-state index contributed by atoms with van der Waals surface area (Å²) in [6.07, 6.45) is 1.09. The van der Waals surface area contributed by atoms with Crippen LogP contribution in [-0.4, -0.2) is 23.3 Å². The SMILES string of the molecule is C=C(C)C(=NC(=O)OC(C)c1ccccc1)C(C)SC. The minimum atomic E-state index is -0.569. The molecule has 1 aromatic carbocycles. The number of nitrogens with zero attached hydrogens (tertiary/aromatic N) is 1. The minimum Gasteiger partial charge on any atom is -0.440 e. The summed E-state index contributed by atoms with van der Waals surface area (Å²) < 4.78 is 5.33. The first kappa shape index (κ1) is 16.5. The van der Waals surface area contributed by atoms with Gasteiger partial charge in [-0.05, 0) is 38.2 Å². The van der Waals surface area contributed by atoms with Crippen LogP contribution < -0.4 is 0 Å². The first-order valence-corrected chi connectivity index (χ1v) is 7.77. The Bertz CT molecular complexity index is 496. The van der Waals surface area contributed by atoms with Gasteiger partial charge in [0.05, 0.1) is 5.71 Å². The Labute approximate surface area is 125 Å². The molecule has 0 aromatic heterocycles. The average molecular weight is 291 g/mol. The third-order valence-corrected chi connectivity index (χ3v) is 3.86. The van der Waals surface area contributed by atoms with E-state index in [0.29, 0.717) is 5.71 Å². The molecule has 0 N–H and O–H groups in total. The van der Waals surface area contributed by atoms with Gasteiger partial charge in [-0.25, -0.2) is 4.79 Å². The van der Waals surface area contributed by atoms with Crippen LogP contribution in [0, 0.1) is 0 Å². The van der Waals surface area contributed by atoms with Crippen LogP contribution >= 0.6 is 11.8 Å². The van der Waals surface area contributed by atoms with Crippen molar-refractivity contribution in [2.75, 3.05) is 6.26 Å². The Balaban J connectivity index is 2.77. The molecule has 0 aliphatic carbocycles.